The van der Waals surface area contributed by atoms with Crippen LogP contribution in [-0.2, 0) is 0 Å². The fourth-order valence-electron chi connectivity index (χ4n) is 2.78. The lowest BCUT2D eigenvalue weighted by atomic mass is 9.89. The Morgan fingerprint density at radius 2 is 2.20 bits per heavy atom. The molecule has 1 fully saturated rings. The van der Waals surface area contributed by atoms with Crippen LogP contribution in [0.4, 0.5) is 5.82 Å². The first-order valence-corrected chi connectivity index (χ1v) is 7.57. The summed E-state index contributed by atoms with van der Waals surface area (Å²) in [4.78, 5) is 18.3. The van der Waals surface area contributed by atoms with E-state index < -0.39 is 0 Å². The van der Waals surface area contributed by atoms with Crippen molar-refractivity contribution in [2.24, 2.45) is 11.8 Å². The molecule has 1 aliphatic heterocycles. The van der Waals surface area contributed by atoms with Gasteiger partial charge in [0.15, 0.2) is 0 Å². The van der Waals surface area contributed by atoms with Crippen molar-refractivity contribution in [3.05, 3.63) is 22.8 Å². The summed E-state index contributed by atoms with van der Waals surface area (Å²) in [6.07, 6.45) is 4.74. The number of hydrogen-bond donors (Lipinski definition) is 1. The molecule has 1 aliphatic rings. The van der Waals surface area contributed by atoms with E-state index in [0.29, 0.717) is 28.2 Å². The quantitative estimate of drug-likeness (QED) is 0.911. The zero-order valence-electron chi connectivity index (χ0n) is 12.1. The molecule has 2 rings (SSSR count). The van der Waals surface area contributed by atoms with Gasteiger partial charge in [0.1, 0.15) is 5.82 Å². The van der Waals surface area contributed by atoms with Crippen LogP contribution in [0.1, 0.15) is 43.5 Å². The molecule has 2 N–H and O–H groups in total. The smallest absolute Gasteiger partial charge is 0.255 e. The Labute approximate surface area is 125 Å². The molecule has 5 heteroatoms. The van der Waals surface area contributed by atoms with Crippen molar-refractivity contribution < 1.29 is 4.79 Å². The Balaban J connectivity index is 2.11. The maximum Gasteiger partial charge on any atom is 0.255 e. The maximum absolute atomic E-state index is 12.6. The third-order valence-electron chi connectivity index (χ3n) is 4.11. The number of halogens is 1. The highest BCUT2D eigenvalue weighted by atomic mass is 35.5. The van der Waals surface area contributed by atoms with E-state index in [-0.39, 0.29) is 5.91 Å². The van der Waals surface area contributed by atoms with Gasteiger partial charge in [-0.3, -0.25) is 4.79 Å². The molecule has 1 atom stereocenters. The number of nitrogens with zero attached hydrogens (tertiary/aromatic N) is 2. The van der Waals surface area contributed by atoms with Gasteiger partial charge in [-0.15, -0.1) is 0 Å². The zero-order chi connectivity index (χ0) is 14.7. The normalized spacial score (nSPS) is 20.0. The fourth-order valence-corrected chi connectivity index (χ4v) is 2.97. The number of aromatic nitrogens is 1. The van der Waals surface area contributed by atoms with Crippen LogP contribution in [-0.4, -0.2) is 28.9 Å². The lowest BCUT2D eigenvalue weighted by molar-refractivity contribution is 0.0759. The topological polar surface area (TPSA) is 59.2 Å². The standard InChI is InChI=1S/C15H22ClN3O/c1-10(2)11-4-3-6-19(7-5-11)15(20)12-8-14(17)18-9-13(12)16/h8-11H,3-7H2,1-2H3,(H2,17,18). The second-order valence-electron chi connectivity index (χ2n) is 5.82. The first-order valence-electron chi connectivity index (χ1n) is 7.19. The number of carbonyl (C=O) groups is 1. The monoisotopic (exact) mass is 295 g/mol. The van der Waals surface area contributed by atoms with Crippen molar-refractivity contribution in [3.8, 4) is 0 Å². The molecule has 1 aromatic heterocycles. The molecule has 20 heavy (non-hydrogen) atoms. The van der Waals surface area contributed by atoms with Gasteiger partial charge in [0.2, 0.25) is 0 Å². The summed E-state index contributed by atoms with van der Waals surface area (Å²) in [5, 5.41) is 0.369. The molecule has 0 aliphatic carbocycles. The summed E-state index contributed by atoms with van der Waals surface area (Å²) in [6.45, 7) is 6.09. The highest BCUT2D eigenvalue weighted by Crippen LogP contribution is 2.26. The summed E-state index contributed by atoms with van der Waals surface area (Å²) in [6, 6.07) is 1.56. The van der Waals surface area contributed by atoms with Gasteiger partial charge < -0.3 is 10.6 Å². The largest absolute Gasteiger partial charge is 0.384 e. The molecule has 1 saturated heterocycles. The van der Waals surface area contributed by atoms with Gasteiger partial charge in [-0.25, -0.2) is 4.98 Å². The molecule has 0 radical (unpaired) electrons. The Morgan fingerprint density at radius 1 is 1.45 bits per heavy atom. The highest BCUT2D eigenvalue weighted by molar-refractivity contribution is 6.33. The van der Waals surface area contributed by atoms with E-state index in [9.17, 15) is 4.79 Å². The van der Waals surface area contributed by atoms with Crippen LogP contribution in [0.15, 0.2) is 12.3 Å². The molecule has 110 valence electrons. The van der Waals surface area contributed by atoms with Crippen molar-refractivity contribution >= 4 is 23.3 Å². The van der Waals surface area contributed by atoms with Crippen molar-refractivity contribution in [2.45, 2.75) is 33.1 Å². The van der Waals surface area contributed by atoms with Crippen LogP contribution >= 0.6 is 11.6 Å². The van der Waals surface area contributed by atoms with E-state index >= 15 is 0 Å². The van der Waals surface area contributed by atoms with Crippen LogP contribution in [0.25, 0.3) is 0 Å². The van der Waals surface area contributed by atoms with Gasteiger partial charge in [-0.1, -0.05) is 25.4 Å². The SMILES string of the molecule is CC(C)C1CCCN(C(=O)c2cc(N)ncc2Cl)CC1. The van der Waals surface area contributed by atoms with E-state index in [1.54, 1.807) is 6.07 Å². The number of carbonyl (C=O) groups excluding carboxylic acids is 1. The molecule has 1 aromatic rings. The minimum atomic E-state index is -0.0338. The first-order chi connectivity index (χ1) is 9.49. The predicted octanol–water partition coefficient (Wildman–Crippen LogP) is 3.22. The number of anilines is 1. The van der Waals surface area contributed by atoms with E-state index in [1.165, 1.54) is 12.6 Å². The second-order valence-corrected chi connectivity index (χ2v) is 6.22. The molecule has 0 spiro atoms. The van der Waals surface area contributed by atoms with Crippen LogP contribution in [0.5, 0.6) is 0 Å². The van der Waals surface area contributed by atoms with Gasteiger partial charge >= 0.3 is 0 Å². The number of amides is 1. The van der Waals surface area contributed by atoms with Crippen LogP contribution in [0.2, 0.25) is 5.02 Å². The third-order valence-corrected chi connectivity index (χ3v) is 4.41. The van der Waals surface area contributed by atoms with Crippen LogP contribution in [0.3, 0.4) is 0 Å². The molecular weight excluding hydrogens is 274 g/mol. The summed E-state index contributed by atoms with van der Waals surface area (Å²) in [5.74, 6) is 1.66. The number of likely N-dealkylation sites (tertiary alicyclic amines) is 1. The van der Waals surface area contributed by atoms with Crippen LogP contribution in [0, 0.1) is 11.8 Å². The molecule has 0 aromatic carbocycles. The predicted molar refractivity (Wildman–Crippen MR) is 81.7 cm³/mol. The summed E-state index contributed by atoms with van der Waals surface area (Å²) < 4.78 is 0. The summed E-state index contributed by atoms with van der Waals surface area (Å²) in [5.41, 5.74) is 6.11. The lowest BCUT2D eigenvalue weighted by Gasteiger charge is -2.22. The van der Waals surface area contributed by atoms with Crippen molar-refractivity contribution in [1.82, 2.24) is 9.88 Å². The van der Waals surface area contributed by atoms with Gasteiger partial charge in [0.25, 0.3) is 5.91 Å². The first kappa shape index (κ1) is 15.1. The Hall–Kier alpha value is -1.29. The van der Waals surface area contributed by atoms with E-state index in [2.05, 4.69) is 18.8 Å². The minimum Gasteiger partial charge on any atom is -0.384 e. The number of nitrogen functional groups attached to an aromatic ring is 1. The van der Waals surface area contributed by atoms with E-state index in [0.717, 1.165) is 25.9 Å². The van der Waals surface area contributed by atoms with E-state index in [1.807, 2.05) is 4.90 Å². The molecule has 4 nitrogen and oxygen atoms in total. The zero-order valence-corrected chi connectivity index (χ0v) is 12.9. The second kappa shape index (κ2) is 6.44. The lowest BCUT2D eigenvalue weighted by Crippen LogP contribution is -2.32. The molecular formula is C15H22ClN3O. The molecule has 2 heterocycles. The average molecular weight is 296 g/mol. The van der Waals surface area contributed by atoms with Gasteiger partial charge in [0, 0.05) is 19.3 Å². The molecule has 1 amide bonds. The number of hydrogen-bond acceptors (Lipinski definition) is 3. The number of rotatable bonds is 2. The molecule has 0 bridgehead atoms. The van der Waals surface area contributed by atoms with Gasteiger partial charge in [-0.05, 0) is 37.2 Å². The number of pyridine rings is 1. The number of nitrogens with two attached hydrogens (primary N) is 1. The van der Waals surface area contributed by atoms with Gasteiger partial charge in [-0.2, -0.15) is 0 Å². The molecule has 1 unspecified atom stereocenters. The van der Waals surface area contributed by atoms with Gasteiger partial charge in [0.05, 0.1) is 10.6 Å². The van der Waals surface area contributed by atoms with Crippen LogP contribution < -0.4 is 5.73 Å². The van der Waals surface area contributed by atoms with Crippen molar-refractivity contribution in [3.63, 3.8) is 0 Å². The third kappa shape index (κ3) is 3.42. The Kier molecular flexibility index (Phi) is 4.86. The summed E-state index contributed by atoms with van der Waals surface area (Å²) >= 11 is 6.06. The average Bonchev–Trinajstić information content (AvgIpc) is 2.66. The maximum atomic E-state index is 12.6. The Morgan fingerprint density at radius 3 is 2.90 bits per heavy atom. The van der Waals surface area contributed by atoms with Crippen molar-refractivity contribution in [1.29, 1.82) is 0 Å². The fraction of sp³-hybridized carbons (Fsp3) is 0.600. The Bertz CT molecular complexity index is 490. The summed E-state index contributed by atoms with van der Waals surface area (Å²) in [7, 11) is 0. The van der Waals surface area contributed by atoms with Crippen molar-refractivity contribution in [2.75, 3.05) is 18.8 Å². The minimum absolute atomic E-state index is 0.0338. The van der Waals surface area contributed by atoms with E-state index in [4.69, 9.17) is 17.3 Å². The molecule has 0 saturated carbocycles. The highest BCUT2D eigenvalue weighted by Gasteiger charge is 2.24.